The van der Waals surface area contributed by atoms with Crippen LogP contribution in [-0.2, 0) is 0 Å². The Hall–Kier alpha value is -7.30. The molecule has 9 aromatic carbocycles. The van der Waals surface area contributed by atoms with E-state index in [2.05, 4.69) is 229 Å². The molecule has 0 saturated carbocycles. The first-order chi connectivity index (χ1) is 33.1. The van der Waals surface area contributed by atoms with E-state index in [4.69, 9.17) is 8.83 Å². The summed E-state index contributed by atoms with van der Waals surface area (Å²) in [5, 5.41) is 11.0. The van der Waals surface area contributed by atoms with E-state index in [1.807, 2.05) is 0 Å². The smallest absolute Gasteiger partial charge is 0.159 e. The van der Waals surface area contributed by atoms with Crippen molar-refractivity contribution in [2.24, 2.45) is 5.92 Å². The molecule has 336 valence electrons. The maximum atomic E-state index is 7.15. The van der Waals surface area contributed by atoms with Gasteiger partial charge < -0.3 is 18.6 Å². The van der Waals surface area contributed by atoms with Crippen LogP contribution in [0.15, 0.2) is 167 Å². The van der Waals surface area contributed by atoms with Crippen molar-refractivity contribution in [3.8, 4) is 0 Å². The molecule has 0 aliphatic heterocycles. The first-order valence-corrected chi connectivity index (χ1v) is 24.7. The summed E-state index contributed by atoms with van der Waals surface area (Å²) < 4.78 is 14.2. The molecule has 4 nitrogen and oxygen atoms in total. The summed E-state index contributed by atoms with van der Waals surface area (Å²) in [5.41, 5.74) is 14.4. The number of furan rings is 2. The molecule has 0 N–H and O–H groups in total. The number of allylic oxidation sites excluding steroid dienone is 1. The molecule has 4 heteroatoms. The van der Waals surface area contributed by atoms with Gasteiger partial charge in [0.1, 0.15) is 11.3 Å². The van der Waals surface area contributed by atoms with E-state index < -0.39 is 0 Å². The highest BCUT2D eigenvalue weighted by atomic mass is 16.3. The first-order valence-electron chi connectivity index (χ1n) is 24.7. The number of anilines is 6. The fraction of sp³-hybridized carbons (Fsp3) is 0.219. The monoisotopic (exact) mass is 886 g/mol. The third-order valence-corrected chi connectivity index (χ3v) is 14.9. The number of para-hydroxylation sites is 5. The highest BCUT2D eigenvalue weighted by Crippen LogP contribution is 2.53. The van der Waals surface area contributed by atoms with Crippen LogP contribution >= 0.6 is 0 Å². The maximum Gasteiger partial charge on any atom is 0.159 e. The Morgan fingerprint density at radius 3 is 1.40 bits per heavy atom. The predicted octanol–water partition coefficient (Wildman–Crippen LogP) is 19.7. The van der Waals surface area contributed by atoms with E-state index in [1.54, 1.807) is 0 Å². The van der Waals surface area contributed by atoms with Crippen LogP contribution in [0.3, 0.4) is 0 Å². The largest absolute Gasteiger partial charge is 0.458 e. The number of rotatable bonds is 10. The average Bonchev–Trinajstić information content (AvgIpc) is 3.94. The van der Waals surface area contributed by atoms with Crippen LogP contribution in [-0.4, -0.2) is 0 Å². The van der Waals surface area contributed by atoms with E-state index in [1.165, 1.54) is 54.6 Å². The summed E-state index contributed by atoms with van der Waals surface area (Å²) in [7, 11) is 0. The van der Waals surface area contributed by atoms with Crippen LogP contribution < -0.4 is 9.80 Å². The van der Waals surface area contributed by atoms with E-state index in [0.29, 0.717) is 17.8 Å². The van der Waals surface area contributed by atoms with Crippen LogP contribution in [0.4, 0.5) is 34.1 Å². The molecule has 0 radical (unpaired) electrons. The fourth-order valence-corrected chi connectivity index (χ4v) is 11.5. The van der Waals surface area contributed by atoms with Crippen molar-refractivity contribution in [1.29, 1.82) is 0 Å². The zero-order chi connectivity index (χ0) is 46.5. The summed E-state index contributed by atoms with van der Waals surface area (Å²) >= 11 is 0. The van der Waals surface area contributed by atoms with Gasteiger partial charge >= 0.3 is 0 Å². The van der Waals surface area contributed by atoms with Gasteiger partial charge in [0, 0.05) is 49.8 Å². The van der Waals surface area contributed by atoms with E-state index in [0.717, 1.165) is 79.2 Å². The highest BCUT2D eigenvalue weighted by molar-refractivity contribution is 6.30. The van der Waals surface area contributed by atoms with Crippen molar-refractivity contribution in [3.63, 3.8) is 0 Å². The second-order valence-corrected chi connectivity index (χ2v) is 20.3. The predicted molar refractivity (Wildman–Crippen MR) is 290 cm³/mol. The van der Waals surface area contributed by atoms with E-state index in [-0.39, 0.29) is 11.8 Å². The fourth-order valence-electron chi connectivity index (χ4n) is 11.5. The standard InChI is InChI=1S/C64H58N2O2/c1-37(2)43-23-15-25-47-49-27-17-29-55(63(49)67-61(43)47)65(41-19-11-9-12-20-41)57-35-53(39(5)6)45-32-34-52-58(36-54(40(7)8)46-31-33-51(57)59(45)60(46)52)66(42-21-13-10-14-22-42)56-30-18-28-50-48-26-16-24-44(38(3)4)62(48)68-64(50)56/h9-23,25-40,44H,24H2,1-8H3. The van der Waals surface area contributed by atoms with Gasteiger partial charge in [0.25, 0.3) is 0 Å². The van der Waals surface area contributed by atoms with Crippen molar-refractivity contribution in [2.45, 2.75) is 85.5 Å². The molecule has 0 amide bonds. The van der Waals surface area contributed by atoms with Gasteiger partial charge in [-0.25, -0.2) is 0 Å². The lowest BCUT2D eigenvalue weighted by molar-refractivity contribution is 0.408. The lowest BCUT2D eigenvalue weighted by Gasteiger charge is -2.31. The summed E-state index contributed by atoms with van der Waals surface area (Å²) in [6, 6.07) is 56.2. The van der Waals surface area contributed by atoms with Crippen LogP contribution in [0.5, 0.6) is 0 Å². The molecular formula is C64H58N2O2. The molecule has 1 aliphatic carbocycles. The van der Waals surface area contributed by atoms with Crippen molar-refractivity contribution in [1.82, 2.24) is 0 Å². The topological polar surface area (TPSA) is 32.8 Å². The maximum absolute atomic E-state index is 7.15. The van der Waals surface area contributed by atoms with Crippen LogP contribution in [0.25, 0.3) is 71.3 Å². The van der Waals surface area contributed by atoms with Crippen LogP contribution in [0, 0.1) is 5.92 Å². The minimum atomic E-state index is 0.252. The SMILES string of the molecule is CC(C)c1cc(N(c2ccccc2)c2cccc3c4c(oc23)C(C(C)C)CC=C4)c2ccc3c(C(C)C)cc(N(c4ccccc4)c4cccc5c4oc4c(C(C)C)cccc45)c4ccc1c2c34. The van der Waals surface area contributed by atoms with Crippen molar-refractivity contribution >= 4 is 105 Å². The molecule has 1 atom stereocenters. The number of hydrogen-bond acceptors (Lipinski definition) is 4. The molecule has 12 rings (SSSR count). The third-order valence-electron chi connectivity index (χ3n) is 14.9. The summed E-state index contributed by atoms with van der Waals surface area (Å²) in [6.45, 7) is 18.5. The minimum absolute atomic E-state index is 0.252. The normalized spacial score (nSPS) is 14.1. The highest BCUT2D eigenvalue weighted by Gasteiger charge is 2.31. The van der Waals surface area contributed by atoms with Gasteiger partial charge in [-0.2, -0.15) is 0 Å². The Bertz CT molecular complexity index is 3740. The molecule has 0 saturated heterocycles. The molecule has 11 aromatic rings. The molecule has 1 aliphatic rings. The van der Waals surface area contributed by atoms with Gasteiger partial charge in [0.15, 0.2) is 11.2 Å². The molecule has 0 fully saturated rings. The van der Waals surface area contributed by atoms with Gasteiger partial charge in [-0.05, 0) is 117 Å². The zero-order valence-corrected chi connectivity index (χ0v) is 40.4. The molecule has 1 unspecified atom stereocenters. The lowest BCUT2D eigenvalue weighted by atomic mass is 9.84. The summed E-state index contributed by atoms with van der Waals surface area (Å²) in [6.07, 6.45) is 5.60. The van der Waals surface area contributed by atoms with Crippen molar-refractivity contribution in [2.75, 3.05) is 9.80 Å². The molecular weight excluding hydrogens is 829 g/mol. The number of benzene rings is 9. The Kier molecular flexibility index (Phi) is 10.0. The zero-order valence-electron chi connectivity index (χ0n) is 40.4. The van der Waals surface area contributed by atoms with Crippen LogP contribution in [0.1, 0.15) is 113 Å². The lowest BCUT2D eigenvalue weighted by Crippen LogP contribution is -2.13. The summed E-state index contributed by atoms with van der Waals surface area (Å²) in [4.78, 5) is 4.92. The van der Waals surface area contributed by atoms with Gasteiger partial charge in [-0.1, -0.05) is 171 Å². The Balaban J connectivity index is 1.18. The molecule has 0 spiro atoms. The van der Waals surface area contributed by atoms with Gasteiger partial charge in [0.2, 0.25) is 0 Å². The Labute approximate surface area is 399 Å². The molecule has 2 heterocycles. The van der Waals surface area contributed by atoms with Crippen LogP contribution in [0.2, 0.25) is 0 Å². The second-order valence-electron chi connectivity index (χ2n) is 20.3. The first kappa shape index (κ1) is 42.1. The number of nitrogens with zero attached hydrogens (tertiary/aromatic N) is 2. The third kappa shape index (κ3) is 6.40. The van der Waals surface area contributed by atoms with Crippen molar-refractivity contribution < 1.29 is 8.83 Å². The summed E-state index contributed by atoms with van der Waals surface area (Å²) in [5.74, 6) is 2.73. The van der Waals surface area contributed by atoms with Gasteiger partial charge in [0.05, 0.1) is 22.7 Å². The Morgan fingerprint density at radius 2 is 0.882 bits per heavy atom. The minimum Gasteiger partial charge on any atom is -0.458 e. The van der Waals surface area contributed by atoms with Gasteiger partial charge in [-0.3, -0.25) is 0 Å². The van der Waals surface area contributed by atoms with E-state index >= 15 is 0 Å². The van der Waals surface area contributed by atoms with Crippen molar-refractivity contribution in [3.05, 3.63) is 186 Å². The van der Waals surface area contributed by atoms with Gasteiger partial charge in [-0.15, -0.1) is 0 Å². The molecule has 68 heavy (non-hydrogen) atoms. The average molecular weight is 887 g/mol. The quantitative estimate of drug-likeness (QED) is 0.128. The van der Waals surface area contributed by atoms with E-state index in [9.17, 15) is 0 Å². The Morgan fingerprint density at radius 1 is 0.412 bits per heavy atom. The molecule has 2 aromatic heterocycles. The second kappa shape index (κ2) is 16.2. The molecule has 0 bridgehead atoms. The number of hydrogen-bond donors (Lipinski definition) is 0. The number of fused-ring (bicyclic) bond motifs is 6.